The number of rotatable bonds is 4. The van der Waals surface area contributed by atoms with E-state index in [9.17, 15) is 23.3 Å². The third-order valence-corrected chi connectivity index (χ3v) is 2.89. The molecule has 0 saturated heterocycles. The van der Waals surface area contributed by atoms with Gasteiger partial charge in [0.05, 0.1) is 4.92 Å². The Morgan fingerprint density at radius 3 is 2.52 bits per heavy atom. The van der Waals surface area contributed by atoms with E-state index in [2.05, 4.69) is 20.6 Å². The number of nitrogens with zero attached hydrogens (tertiary/aromatic N) is 3. The van der Waals surface area contributed by atoms with Crippen molar-refractivity contribution in [2.24, 2.45) is 0 Å². The number of alkyl halides is 3. The van der Waals surface area contributed by atoms with Gasteiger partial charge in [-0.15, -0.1) is 0 Å². The molecule has 0 saturated carbocycles. The van der Waals surface area contributed by atoms with E-state index >= 15 is 0 Å². The number of nitro groups is 1. The summed E-state index contributed by atoms with van der Waals surface area (Å²) in [4.78, 5) is 17.4. The second-order valence-electron chi connectivity index (χ2n) is 4.25. The molecule has 0 aliphatic rings. The Balaban J connectivity index is 2.48. The fourth-order valence-electron chi connectivity index (χ4n) is 1.67. The Kier molecular flexibility index (Phi) is 4.55. The maximum atomic E-state index is 12.8. The summed E-state index contributed by atoms with van der Waals surface area (Å²) < 4.78 is 38.5. The molecule has 0 spiro atoms. The van der Waals surface area contributed by atoms with Gasteiger partial charge in [0.25, 0.3) is 5.69 Å². The lowest BCUT2D eigenvalue weighted by molar-refractivity contribution is -0.383. The number of nitrogens with one attached hydrogen (secondary N) is 2. The molecular formula is C12H9ClF3N5O2. The highest BCUT2D eigenvalue weighted by molar-refractivity contribution is 6.31. The van der Waals surface area contributed by atoms with Crippen LogP contribution in [0.5, 0.6) is 0 Å². The normalized spacial score (nSPS) is 11.2. The smallest absolute Gasteiger partial charge is 0.357 e. The van der Waals surface area contributed by atoms with Crippen molar-refractivity contribution in [3.8, 4) is 0 Å². The van der Waals surface area contributed by atoms with Gasteiger partial charge in [-0.1, -0.05) is 11.6 Å². The molecule has 7 nitrogen and oxygen atoms in total. The summed E-state index contributed by atoms with van der Waals surface area (Å²) in [6.45, 7) is 0. The average molecular weight is 348 g/mol. The first-order valence-corrected chi connectivity index (χ1v) is 6.43. The van der Waals surface area contributed by atoms with Gasteiger partial charge in [0, 0.05) is 24.2 Å². The second-order valence-corrected chi connectivity index (χ2v) is 4.69. The van der Waals surface area contributed by atoms with Crippen LogP contribution in [0.4, 0.5) is 36.3 Å². The van der Waals surface area contributed by atoms with Crippen molar-refractivity contribution in [3.05, 3.63) is 45.1 Å². The predicted molar refractivity (Wildman–Crippen MR) is 78.0 cm³/mol. The van der Waals surface area contributed by atoms with Crippen LogP contribution in [-0.2, 0) is 6.18 Å². The van der Waals surface area contributed by atoms with Gasteiger partial charge in [-0.05, 0) is 12.1 Å². The third kappa shape index (κ3) is 3.97. The molecule has 0 unspecified atom stereocenters. The first-order valence-electron chi connectivity index (χ1n) is 6.05. The quantitative estimate of drug-likeness (QED) is 0.644. The molecule has 2 aromatic rings. The van der Waals surface area contributed by atoms with Crippen LogP contribution in [0.25, 0.3) is 0 Å². The van der Waals surface area contributed by atoms with Gasteiger partial charge in [-0.2, -0.15) is 18.2 Å². The van der Waals surface area contributed by atoms with E-state index in [0.29, 0.717) is 6.07 Å². The highest BCUT2D eigenvalue weighted by Crippen LogP contribution is 2.33. The fourth-order valence-corrected chi connectivity index (χ4v) is 1.85. The van der Waals surface area contributed by atoms with Crippen molar-refractivity contribution in [3.63, 3.8) is 0 Å². The van der Waals surface area contributed by atoms with E-state index in [-0.39, 0.29) is 28.2 Å². The Morgan fingerprint density at radius 2 is 1.96 bits per heavy atom. The number of aromatic nitrogens is 2. The Hall–Kier alpha value is -2.62. The first kappa shape index (κ1) is 16.7. The number of benzene rings is 1. The SMILES string of the molecule is CNc1nc(Nc2cc(Cl)ccc2[N+](=O)[O-])cc(C(F)(F)F)n1. The Bertz CT molecular complexity index is 754. The molecule has 122 valence electrons. The minimum absolute atomic E-state index is 0.0867. The minimum Gasteiger partial charge on any atom is -0.357 e. The molecule has 0 amide bonds. The van der Waals surface area contributed by atoms with Gasteiger partial charge in [-0.25, -0.2) is 4.98 Å². The molecule has 1 aromatic heterocycles. The topological polar surface area (TPSA) is 93.0 Å². The first-order chi connectivity index (χ1) is 10.7. The summed E-state index contributed by atoms with van der Waals surface area (Å²) in [7, 11) is 1.35. The molecule has 2 rings (SSSR count). The molecule has 0 fully saturated rings. The van der Waals surface area contributed by atoms with E-state index in [0.717, 1.165) is 6.07 Å². The van der Waals surface area contributed by atoms with Crippen molar-refractivity contribution in [1.82, 2.24) is 9.97 Å². The fraction of sp³-hybridized carbons (Fsp3) is 0.167. The van der Waals surface area contributed by atoms with E-state index in [1.807, 2.05) is 0 Å². The lowest BCUT2D eigenvalue weighted by atomic mass is 10.2. The van der Waals surface area contributed by atoms with Crippen LogP contribution in [0.2, 0.25) is 5.02 Å². The molecule has 2 N–H and O–H groups in total. The van der Waals surface area contributed by atoms with Gasteiger partial charge in [-0.3, -0.25) is 10.1 Å². The Morgan fingerprint density at radius 1 is 1.26 bits per heavy atom. The molecule has 23 heavy (non-hydrogen) atoms. The number of hydrogen-bond donors (Lipinski definition) is 2. The summed E-state index contributed by atoms with van der Waals surface area (Å²) in [5.74, 6) is -0.547. The van der Waals surface area contributed by atoms with Crippen LogP contribution in [0.1, 0.15) is 5.69 Å². The molecule has 1 aromatic carbocycles. The zero-order chi connectivity index (χ0) is 17.2. The summed E-state index contributed by atoms with van der Waals surface area (Å²) >= 11 is 5.76. The lowest BCUT2D eigenvalue weighted by Gasteiger charge is -2.12. The molecule has 0 aliphatic carbocycles. The van der Waals surface area contributed by atoms with Crippen LogP contribution in [0.15, 0.2) is 24.3 Å². The van der Waals surface area contributed by atoms with Crippen LogP contribution in [0.3, 0.4) is 0 Å². The van der Waals surface area contributed by atoms with Crippen LogP contribution < -0.4 is 10.6 Å². The largest absolute Gasteiger partial charge is 0.433 e. The third-order valence-electron chi connectivity index (χ3n) is 2.66. The number of halogens is 4. The van der Waals surface area contributed by atoms with E-state index in [1.54, 1.807) is 0 Å². The van der Waals surface area contributed by atoms with Crippen molar-refractivity contribution >= 4 is 34.7 Å². The molecule has 0 radical (unpaired) electrons. The predicted octanol–water partition coefficient (Wildman–Crippen LogP) is 3.84. The molecule has 0 atom stereocenters. The van der Waals surface area contributed by atoms with Crippen LogP contribution >= 0.6 is 11.6 Å². The molecular weight excluding hydrogens is 339 g/mol. The number of nitro benzene ring substituents is 1. The van der Waals surface area contributed by atoms with Crippen molar-refractivity contribution < 1.29 is 18.1 Å². The van der Waals surface area contributed by atoms with Crippen LogP contribution in [-0.4, -0.2) is 21.9 Å². The Labute approximate surface area is 132 Å². The lowest BCUT2D eigenvalue weighted by Crippen LogP contribution is -2.12. The van der Waals surface area contributed by atoms with Gasteiger partial charge in [0.15, 0.2) is 5.69 Å². The molecule has 11 heteroatoms. The zero-order valence-electron chi connectivity index (χ0n) is 11.5. The number of hydrogen-bond acceptors (Lipinski definition) is 6. The molecule has 0 aliphatic heterocycles. The molecule has 0 bridgehead atoms. The summed E-state index contributed by atoms with van der Waals surface area (Å²) in [6.07, 6.45) is -4.69. The summed E-state index contributed by atoms with van der Waals surface area (Å²) in [5.41, 5.74) is -1.63. The highest BCUT2D eigenvalue weighted by Gasteiger charge is 2.33. The summed E-state index contributed by atoms with van der Waals surface area (Å²) in [5, 5.41) is 16.0. The minimum atomic E-state index is -4.69. The molecule has 1 heterocycles. The van der Waals surface area contributed by atoms with Crippen molar-refractivity contribution in [1.29, 1.82) is 0 Å². The van der Waals surface area contributed by atoms with E-state index in [1.165, 1.54) is 19.2 Å². The maximum Gasteiger partial charge on any atom is 0.433 e. The summed E-state index contributed by atoms with van der Waals surface area (Å²) in [6, 6.07) is 4.29. The van der Waals surface area contributed by atoms with Crippen molar-refractivity contribution in [2.45, 2.75) is 6.18 Å². The zero-order valence-corrected chi connectivity index (χ0v) is 12.2. The highest BCUT2D eigenvalue weighted by atomic mass is 35.5. The maximum absolute atomic E-state index is 12.8. The van der Waals surface area contributed by atoms with Gasteiger partial charge in [0.2, 0.25) is 5.95 Å². The average Bonchev–Trinajstić information content (AvgIpc) is 2.45. The van der Waals surface area contributed by atoms with Gasteiger partial charge >= 0.3 is 6.18 Å². The van der Waals surface area contributed by atoms with Gasteiger partial charge in [0.1, 0.15) is 11.5 Å². The van der Waals surface area contributed by atoms with Gasteiger partial charge < -0.3 is 10.6 Å². The second kappa shape index (κ2) is 6.24. The standard InChI is InChI=1S/C12H9ClF3N5O2/c1-17-11-19-9(12(14,15)16)5-10(20-11)18-7-4-6(13)2-3-8(7)21(22)23/h2-5H,1H3,(H2,17,18,19,20). The van der Waals surface area contributed by atoms with Crippen LogP contribution in [0, 0.1) is 10.1 Å². The number of anilines is 3. The van der Waals surface area contributed by atoms with Crippen molar-refractivity contribution in [2.75, 3.05) is 17.7 Å². The van der Waals surface area contributed by atoms with E-state index in [4.69, 9.17) is 11.6 Å². The van der Waals surface area contributed by atoms with E-state index < -0.39 is 16.8 Å². The monoisotopic (exact) mass is 347 g/mol.